The molecule has 0 saturated carbocycles. The fourth-order valence-corrected chi connectivity index (χ4v) is 2.39. The standard InChI is InChI=1S/C9H16NO2/c1-8(2)5-6-7(12-6)9(3,4)10(8)11/h6-7H,5H2,1-4H3. The van der Waals surface area contributed by atoms with E-state index in [1.54, 1.807) is 0 Å². The molecule has 0 amide bonds. The van der Waals surface area contributed by atoms with Crippen LogP contribution in [0.4, 0.5) is 0 Å². The van der Waals surface area contributed by atoms with E-state index in [0.29, 0.717) is 6.10 Å². The maximum Gasteiger partial charge on any atom is 0.104 e. The van der Waals surface area contributed by atoms with Gasteiger partial charge >= 0.3 is 0 Å². The lowest BCUT2D eigenvalue weighted by Crippen LogP contribution is -2.59. The maximum atomic E-state index is 11.8. The molecule has 2 aliphatic heterocycles. The first-order valence-corrected chi connectivity index (χ1v) is 4.49. The number of hydrogen-bond acceptors (Lipinski definition) is 2. The van der Waals surface area contributed by atoms with E-state index in [2.05, 4.69) is 0 Å². The molecule has 2 unspecified atom stereocenters. The maximum absolute atomic E-state index is 11.8. The van der Waals surface area contributed by atoms with Gasteiger partial charge in [0.25, 0.3) is 0 Å². The van der Waals surface area contributed by atoms with Crippen LogP contribution in [-0.4, -0.2) is 28.3 Å². The van der Waals surface area contributed by atoms with Gasteiger partial charge in [0, 0.05) is 5.54 Å². The Morgan fingerprint density at radius 2 is 1.92 bits per heavy atom. The van der Waals surface area contributed by atoms with Gasteiger partial charge in [0.1, 0.15) is 6.10 Å². The van der Waals surface area contributed by atoms with Crippen molar-refractivity contribution in [1.29, 1.82) is 0 Å². The average molecular weight is 170 g/mol. The molecule has 12 heavy (non-hydrogen) atoms. The van der Waals surface area contributed by atoms with E-state index in [0.717, 1.165) is 6.42 Å². The van der Waals surface area contributed by atoms with Crippen LogP contribution in [-0.2, 0) is 9.94 Å². The normalized spacial score (nSPS) is 43.8. The van der Waals surface area contributed by atoms with Crippen molar-refractivity contribution >= 4 is 0 Å². The highest BCUT2D eigenvalue weighted by molar-refractivity contribution is 5.10. The Labute approximate surface area is 73.3 Å². The molecule has 2 fully saturated rings. The number of rotatable bonds is 0. The lowest BCUT2D eigenvalue weighted by Gasteiger charge is -2.44. The molecule has 2 saturated heterocycles. The summed E-state index contributed by atoms with van der Waals surface area (Å²) in [5.74, 6) is 0. The molecule has 69 valence electrons. The molecule has 3 heteroatoms. The van der Waals surface area contributed by atoms with Crippen LogP contribution in [0, 0.1) is 0 Å². The molecule has 0 aromatic rings. The van der Waals surface area contributed by atoms with Crippen LogP contribution < -0.4 is 0 Å². The summed E-state index contributed by atoms with van der Waals surface area (Å²) in [5, 5.41) is 13.0. The highest BCUT2D eigenvalue weighted by atomic mass is 16.6. The number of nitrogens with zero attached hydrogens (tertiary/aromatic N) is 1. The summed E-state index contributed by atoms with van der Waals surface area (Å²) < 4.78 is 5.46. The smallest absolute Gasteiger partial charge is 0.104 e. The van der Waals surface area contributed by atoms with Crippen molar-refractivity contribution in [2.45, 2.75) is 57.4 Å². The molecular weight excluding hydrogens is 154 g/mol. The number of piperidine rings is 1. The van der Waals surface area contributed by atoms with Crippen molar-refractivity contribution < 1.29 is 9.94 Å². The van der Waals surface area contributed by atoms with E-state index in [-0.39, 0.29) is 17.2 Å². The SMILES string of the molecule is CC1(C)CC2OC2C(C)(C)N1[O]. The zero-order valence-corrected chi connectivity index (χ0v) is 8.13. The number of ether oxygens (including phenoxy) is 1. The Bertz CT molecular complexity index is 213. The van der Waals surface area contributed by atoms with Crippen LogP contribution in [0.25, 0.3) is 0 Å². The number of hydroxylamine groups is 2. The molecule has 0 aromatic heterocycles. The summed E-state index contributed by atoms with van der Waals surface area (Å²) in [5.41, 5.74) is -0.604. The molecule has 3 nitrogen and oxygen atoms in total. The highest BCUT2D eigenvalue weighted by Gasteiger charge is 2.61. The largest absolute Gasteiger partial charge is 0.367 e. The van der Waals surface area contributed by atoms with E-state index in [1.165, 1.54) is 5.06 Å². The summed E-state index contributed by atoms with van der Waals surface area (Å²) in [6, 6.07) is 0. The van der Waals surface area contributed by atoms with Crippen LogP contribution in [0.5, 0.6) is 0 Å². The van der Waals surface area contributed by atoms with Gasteiger partial charge in [-0.05, 0) is 34.1 Å². The Kier molecular flexibility index (Phi) is 1.43. The molecule has 0 N–H and O–H groups in total. The second-order valence-corrected chi connectivity index (χ2v) is 5.06. The predicted octanol–water partition coefficient (Wildman–Crippen LogP) is 1.36. The molecule has 2 atom stereocenters. The zero-order valence-electron chi connectivity index (χ0n) is 8.13. The van der Waals surface area contributed by atoms with Crippen molar-refractivity contribution in [1.82, 2.24) is 5.06 Å². The minimum Gasteiger partial charge on any atom is -0.367 e. The minimum absolute atomic E-state index is 0.169. The lowest BCUT2D eigenvalue weighted by molar-refractivity contribution is -0.281. The van der Waals surface area contributed by atoms with Gasteiger partial charge < -0.3 is 4.74 Å². The van der Waals surface area contributed by atoms with Crippen molar-refractivity contribution in [3.05, 3.63) is 0 Å². The summed E-state index contributed by atoms with van der Waals surface area (Å²) in [7, 11) is 0. The van der Waals surface area contributed by atoms with Gasteiger partial charge in [-0.25, -0.2) is 0 Å². The third-order valence-electron chi connectivity index (χ3n) is 3.05. The lowest BCUT2D eigenvalue weighted by atomic mass is 9.82. The average Bonchev–Trinajstić information content (AvgIpc) is 2.63. The van der Waals surface area contributed by atoms with Crippen LogP contribution in [0.15, 0.2) is 0 Å². The predicted molar refractivity (Wildman–Crippen MR) is 44.0 cm³/mol. The summed E-state index contributed by atoms with van der Waals surface area (Å²) >= 11 is 0. The molecule has 2 rings (SSSR count). The first-order chi connectivity index (χ1) is 5.36. The molecule has 0 aliphatic carbocycles. The molecule has 0 spiro atoms. The van der Waals surface area contributed by atoms with E-state index >= 15 is 0 Å². The summed E-state index contributed by atoms with van der Waals surface area (Å²) in [6.45, 7) is 7.90. The number of epoxide rings is 1. The molecule has 2 aliphatic rings. The van der Waals surface area contributed by atoms with Crippen molar-refractivity contribution in [3.8, 4) is 0 Å². The van der Waals surface area contributed by atoms with Gasteiger partial charge in [0.05, 0.1) is 11.6 Å². The number of fused-ring (bicyclic) bond motifs is 1. The van der Waals surface area contributed by atoms with Gasteiger partial charge in [-0.15, -0.1) is 10.3 Å². The first-order valence-electron chi connectivity index (χ1n) is 4.49. The Morgan fingerprint density at radius 3 is 2.50 bits per heavy atom. The zero-order chi connectivity index (χ0) is 9.15. The molecule has 0 bridgehead atoms. The van der Waals surface area contributed by atoms with Gasteiger partial charge in [-0.3, -0.25) is 0 Å². The quantitative estimate of drug-likeness (QED) is 0.515. The van der Waals surface area contributed by atoms with Gasteiger partial charge in [0.15, 0.2) is 0 Å². The van der Waals surface area contributed by atoms with Crippen molar-refractivity contribution in [3.63, 3.8) is 0 Å². The minimum atomic E-state index is -0.341. The second kappa shape index (κ2) is 2.03. The van der Waals surface area contributed by atoms with Crippen LogP contribution in [0.1, 0.15) is 34.1 Å². The van der Waals surface area contributed by atoms with Crippen molar-refractivity contribution in [2.75, 3.05) is 0 Å². The monoisotopic (exact) mass is 170 g/mol. The highest BCUT2D eigenvalue weighted by Crippen LogP contribution is 2.48. The number of hydrogen-bond donors (Lipinski definition) is 0. The molecular formula is C9H16NO2. The van der Waals surface area contributed by atoms with E-state index in [9.17, 15) is 5.21 Å². The second-order valence-electron chi connectivity index (χ2n) is 5.06. The fourth-order valence-electron chi connectivity index (χ4n) is 2.39. The Balaban J connectivity index is 2.26. The Morgan fingerprint density at radius 1 is 1.33 bits per heavy atom. The molecule has 1 radical (unpaired) electrons. The topological polar surface area (TPSA) is 35.7 Å². The summed E-state index contributed by atoms with van der Waals surface area (Å²) in [6.07, 6.45) is 1.37. The fraction of sp³-hybridized carbons (Fsp3) is 1.00. The van der Waals surface area contributed by atoms with Gasteiger partial charge in [-0.2, -0.15) is 0 Å². The third-order valence-corrected chi connectivity index (χ3v) is 3.05. The van der Waals surface area contributed by atoms with Gasteiger partial charge in [-0.1, -0.05) is 0 Å². The van der Waals surface area contributed by atoms with Crippen LogP contribution in [0.3, 0.4) is 0 Å². The van der Waals surface area contributed by atoms with E-state index in [4.69, 9.17) is 4.74 Å². The van der Waals surface area contributed by atoms with Crippen LogP contribution >= 0.6 is 0 Å². The van der Waals surface area contributed by atoms with E-state index < -0.39 is 0 Å². The first kappa shape index (κ1) is 8.48. The molecule has 2 heterocycles. The van der Waals surface area contributed by atoms with Crippen molar-refractivity contribution in [2.24, 2.45) is 0 Å². The van der Waals surface area contributed by atoms with E-state index in [1.807, 2.05) is 27.7 Å². The Hall–Kier alpha value is -0.120. The molecule has 0 aromatic carbocycles. The van der Waals surface area contributed by atoms with Gasteiger partial charge in [0.2, 0.25) is 0 Å². The van der Waals surface area contributed by atoms with Crippen LogP contribution in [0.2, 0.25) is 0 Å². The third kappa shape index (κ3) is 0.934. The summed E-state index contributed by atoms with van der Waals surface area (Å²) in [4.78, 5) is 0.